The van der Waals surface area contributed by atoms with E-state index in [0.29, 0.717) is 10.6 Å². The van der Waals surface area contributed by atoms with E-state index >= 15 is 0 Å². The van der Waals surface area contributed by atoms with Crippen LogP contribution in [0.15, 0.2) is 29.2 Å². The molecule has 0 amide bonds. The van der Waals surface area contributed by atoms with Crippen LogP contribution in [0.4, 0.5) is 4.39 Å². The fraction of sp³-hybridized carbons (Fsp3) is 0.333. The minimum atomic E-state index is -0.787. The molecule has 0 aliphatic rings. The average Bonchev–Trinajstić information content (AvgIpc) is 2.16. The van der Waals surface area contributed by atoms with Crippen molar-refractivity contribution in [3.05, 3.63) is 30.1 Å². The van der Waals surface area contributed by atoms with Crippen LogP contribution in [-0.2, 0) is 0 Å². The predicted octanol–water partition coefficient (Wildman–Crippen LogP) is 1.27. The Morgan fingerprint density at radius 1 is 1.38 bits per heavy atom. The van der Waals surface area contributed by atoms with Gasteiger partial charge in [0.05, 0.1) is 12.7 Å². The zero-order valence-corrected chi connectivity index (χ0v) is 7.80. The van der Waals surface area contributed by atoms with Gasteiger partial charge >= 0.3 is 0 Å². The summed E-state index contributed by atoms with van der Waals surface area (Å²) in [5.74, 6) is 0.00916. The highest BCUT2D eigenvalue weighted by atomic mass is 32.2. The molecule has 4 heteroatoms. The first kappa shape index (κ1) is 10.5. The van der Waals surface area contributed by atoms with Crippen LogP contribution >= 0.6 is 11.8 Å². The summed E-state index contributed by atoms with van der Waals surface area (Å²) in [5.41, 5.74) is 0. The highest BCUT2D eigenvalue weighted by molar-refractivity contribution is 7.99. The van der Waals surface area contributed by atoms with Crippen LogP contribution in [0, 0.1) is 5.82 Å². The van der Waals surface area contributed by atoms with Gasteiger partial charge in [0.15, 0.2) is 0 Å². The molecule has 13 heavy (non-hydrogen) atoms. The first-order valence-corrected chi connectivity index (χ1v) is 4.89. The van der Waals surface area contributed by atoms with Gasteiger partial charge in [-0.25, -0.2) is 4.39 Å². The van der Waals surface area contributed by atoms with E-state index in [2.05, 4.69) is 0 Å². The molecule has 2 nitrogen and oxygen atoms in total. The van der Waals surface area contributed by atoms with E-state index in [-0.39, 0.29) is 12.4 Å². The molecule has 0 radical (unpaired) electrons. The molecular weight excluding hydrogens is 191 g/mol. The molecule has 0 aliphatic heterocycles. The summed E-state index contributed by atoms with van der Waals surface area (Å²) in [4.78, 5) is 0.495. The second-order valence-corrected chi connectivity index (χ2v) is 3.64. The third-order valence-electron chi connectivity index (χ3n) is 1.48. The Balaban J connectivity index is 2.50. The minimum absolute atomic E-state index is 0.290. The van der Waals surface area contributed by atoms with Crippen molar-refractivity contribution in [2.24, 2.45) is 0 Å². The van der Waals surface area contributed by atoms with E-state index in [1.165, 1.54) is 17.8 Å². The zero-order chi connectivity index (χ0) is 9.68. The summed E-state index contributed by atoms with van der Waals surface area (Å²) in [6.45, 7) is -0.290. The van der Waals surface area contributed by atoms with Gasteiger partial charge in [-0.2, -0.15) is 0 Å². The monoisotopic (exact) mass is 202 g/mol. The Morgan fingerprint density at radius 2 is 2.08 bits per heavy atom. The maximum absolute atomic E-state index is 13.0. The molecule has 1 atom stereocenters. The van der Waals surface area contributed by atoms with Crippen molar-refractivity contribution >= 4 is 11.8 Å². The molecule has 2 N–H and O–H groups in total. The van der Waals surface area contributed by atoms with Gasteiger partial charge in [-0.3, -0.25) is 0 Å². The molecule has 0 spiro atoms. The van der Waals surface area contributed by atoms with Crippen molar-refractivity contribution in [2.45, 2.75) is 11.0 Å². The van der Waals surface area contributed by atoms with E-state index in [0.717, 1.165) is 0 Å². The highest BCUT2D eigenvalue weighted by Gasteiger charge is 2.05. The van der Waals surface area contributed by atoms with Gasteiger partial charge in [-0.15, -0.1) is 11.8 Å². The Hall–Kier alpha value is -0.580. The van der Waals surface area contributed by atoms with Crippen molar-refractivity contribution in [3.63, 3.8) is 0 Å². The molecule has 1 aromatic rings. The zero-order valence-electron chi connectivity index (χ0n) is 6.98. The van der Waals surface area contributed by atoms with Crippen LogP contribution in [0.25, 0.3) is 0 Å². The smallest absolute Gasteiger partial charge is 0.136 e. The van der Waals surface area contributed by atoms with Crippen molar-refractivity contribution in [1.29, 1.82) is 0 Å². The molecule has 0 aromatic heterocycles. The summed E-state index contributed by atoms with van der Waals surface area (Å²) in [6, 6.07) is 6.36. The number of rotatable bonds is 4. The van der Waals surface area contributed by atoms with E-state index in [1.54, 1.807) is 18.2 Å². The second-order valence-electron chi connectivity index (χ2n) is 2.58. The summed E-state index contributed by atoms with van der Waals surface area (Å²) >= 11 is 1.19. The lowest BCUT2D eigenvalue weighted by molar-refractivity contribution is 0.113. The molecule has 1 rings (SSSR count). The molecule has 0 saturated carbocycles. The molecule has 0 heterocycles. The third-order valence-corrected chi connectivity index (χ3v) is 2.67. The van der Waals surface area contributed by atoms with Crippen LogP contribution in [0.5, 0.6) is 0 Å². The molecule has 0 saturated heterocycles. The van der Waals surface area contributed by atoms with E-state index in [9.17, 15) is 4.39 Å². The topological polar surface area (TPSA) is 40.5 Å². The van der Waals surface area contributed by atoms with Gasteiger partial charge in [0, 0.05) is 10.6 Å². The second kappa shape index (κ2) is 5.21. The number of halogens is 1. The Labute approximate surface area is 80.4 Å². The van der Waals surface area contributed by atoms with Crippen molar-refractivity contribution in [1.82, 2.24) is 0 Å². The number of thioether (sulfide) groups is 1. The summed E-state index contributed by atoms with van der Waals surface area (Å²) in [7, 11) is 0. The summed E-state index contributed by atoms with van der Waals surface area (Å²) in [6.07, 6.45) is -0.787. The van der Waals surface area contributed by atoms with Crippen molar-refractivity contribution < 1.29 is 14.6 Å². The Kier molecular flexibility index (Phi) is 4.21. The van der Waals surface area contributed by atoms with Crippen LogP contribution in [0.1, 0.15) is 0 Å². The summed E-state index contributed by atoms with van der Waals surface area (Å²) in [5, 5.41) is 17.5. The normalized spacial score (nSPS) is 12.8. The summed E-state index contributed by atoms with van der Waals surface area (Å²) < 4.78 is 13.0. The number of hydrogen-bond donors (Lipinski definition) is 2. The van der Waals surface area contributed by atoms with Gasteiger partial charge in [-0.1, -0.05) is 12.1 Å². The fourth-order valence-corrected chi connectivity index (χ4v) is 1.66. The van der Waals surface area contributed by atoms with E-state index in [4.69, 9.17) is 10.2 Å². The molecule has 0 aliphatic carbocycles. The quantitative estimate of drug-likeness (QED) is 0.722. The fourth-order valence-electron chi connectivity index (χ4n) is 0.800. The van der Waals surface area contributed by atoms with Gasteiger partial charge < -0.3 is 10.2 Å². The van der Waals surface area contributed by atoms with Crippen LogP contribution in [0.2, 0.25) is 0 Å². The molecular formula is C9H11FO2S. The lowest BCUT2D eigenvalue weighted by Crippen LogP contribution is -2.14. The minimum Gasteiger partial charge on any atom is -0.394 e. The first-order valence-electron chi connectivity index (χ1n) is 3.90. The molecule has 0 bridgehead atoms. The lowest BCUT2D eigenvalue weighted by Gasteiger charge is -2.06. The van der Waals surface area contributed by atoms with Crippen LogP contribution in [-0.4, -0.2) is 28.7 Å². The maximum Gasteiger partial charge on any atom is 0.136 e. The third kappa shape index (κ3) is 3.34. The number of benzene rings is 1. The SMILES string of the molecule is OCC(O)CSc1ccccc1F. The van der Waals surface area contributed by atoms with Gasteiger partial charge in [0.2, 0.25) is 0 Å². The maximum atomic E-state index is 13.0. The van der Waals surface area contributed by atoms with E-state index in [1.807, 2.05) is 0 Å². The van der Waals surface area contributed by atoms with E-state index < -0.39 is 6.10 Å². The highest BCUT2D eigenvalue weighted by Crippen LogP contribution is 2.21. The van der Waals surface area contributed by atoms with Gasteiger partial charge in [0.1, 0.15) is 5.82 Å². The lowest BCUT2D eigenvalue weighted by atomic mass is 10.3. The van der Waals surface area contributed by atoms with Crippen molar-refractivity contribution in [3.8, 4) is 0 Å². The average molecular weight is 202 g/mol. The van der Waals surface area contributed by atoms with Crippen molar-refractivity contribution in [2.75, 3.05) is 12.4 Å². The molecule has 1 aromatic carbocycles. The van der Waals surface area contributed by atoms with Gasteiger partial charge in [0.25, 0.3) is 0 Å². The van der Waals surface area contributed by atoms with Crippen LogP contribution in [0.3, 0.4) is 0 Å². The number of hydrogen-bond acceptors (Lipinski definition) is 3. The molecule has 0 fully saturated rings. The largest absolute Gasteiger partial charge is 0.394 e. The number of aliphatic hydroxyl groups is 2. The first-order chi connectivity index (χ1) is 6.24. The predicted molar refractivity (Wildman–Crippen MR) is 50.2 cm³/mol. The Morgan fingerprint density at radius 3 is 2.69 bits per heavy atom. The van der Waals surface area contributed by atoms with Gasteiger partial charge in [-0.05, 0) is 12.1 Å². The number of aliphatic hydroxyl groups excluding tert-OH is 2. The standard InChI is InChI=1S/C9H11FO2S/c10-8-3-1-2-4-9(8)13-6-7(12)5-11/h1-4,7,11-12H,5-6H2. The molecule has 72 valence electrons. The Bertz CT molecular complexity index is 268. The molecule has 1 unspecified atom stereocenters. The van der Waals surface area contributed by atoms with Crippen LogP contribution < -0.4 is 0 Å².